The Labute approximate surface area is 65.1 Å². The van der Waals surface area contributed by atoms with E-state index in [4.69, 9.17) is 0 Å². The predicted octanol–water partition coefficient (Wildman–Crippen LogP) is 1.42. The van der Waals surface area contributed by atoms with Crippen molar-refractivity contribution in [2.75, 3.05) is 6.54 Å². The highest BCUT2D eigenvalue weighted by Crippen LogP contribution is 2.02. The van der Waals surface area contributed by atoms with Crippen LogP contribution in [0.25, 0.3) is 0 Å². The van der Waals surface area contributed by atoms with Gasteiger partial charge in [-0.1, -0.05) is 13.2 Å². The molecule has 11 heavy (non-hydrogen) atoms. The molecule has 0 aliphatic rings. The number of nitro groups is 1. The molecule has 0 aliphatic carbocycles. The molecule has 4 nitrogen and oxygen atoms in total. The Hall–Kier alpha value is -1.45. The quantitative estimate of drug-likeness (QED) is 0.266. The number of allylic oxidation sites excluding steroid dienone is 1. The molecule has 0 bridgehead atoms. The van der Waals surface area contributed by atoms with E-state index in [9.17, 15) is 10.1 Å². The summed E-state index contributed by atoms with van der Waals surface area (Å²) >= 11 is 0. The van der Waals surface area contributed by atoms with Gasteiger partial charge < -0.3 is 0 Å². The molecule has 0 unspecified atom stereocenters. The standard InChI is InChI=1S/C7H10N2O2/c1-6(2)7(3)8-4-5-9(10)11/h4H,1,3,5H2,2H3. The van der Waals surface area contributed by atoms with Crippen molar-refractivity contribution in [3.05, 3.63) is 34.5 Å². The SMILES string of the molecule is C=C(C)C(=C)N=CC[N+](=O)[O-]. The number of rotatable bonds is 4. The normalized spacial score (nSPS) is 9.91. The van der Waals surface area contributed by atoms with Gasteiger partial charge >= 0.3 is 0 Å². The molecule has 0 spiro atoms. The van der Waals surface area contributed by atoms with E-state index in [0.29, 0.717) is 11.3 Å². The average molecular weight is 154 g/mol. The summed E-state index contributed by atoms with van der Waals surface area (Å²) in [5.74, 6) is 0. The first-order valence-electron chi connectivity index (χ1n) is 3.03. The zero-order valence-electron chi connectivity index (χ0n) is 6.41. The molecule has 0 rings (SSSR count). The summed E-state index contributed by atoms with van der Waals surface area (Å²) in [5.41, 5.74) is 1.19. The minimum atomic E-state index is -0.463. The van der Waals surface area contributed by atoms with Gasteiger partial charge in [-0.25, -0.2) is 0 Å². The van der Waals surface area contributed by atoms with Gasteiger partial charge in [0.25, 0.3) is 0 Å². The van der Waals surface area contributed by atoms with Crippen LogP contribution < -0.4 is 0 Å². The van der Waals surface area contributed by atoms with Crippen molar-refractivity contribution >= 4 is 6.21 Å². The van der Waals surface area contributed by atoms with Gasteiger partial charge in [-0.05, 0) is 12.5 Å². The first-order valence-corrected chi connectivity index (χ1v) is 3.03. The van der Waals surface area contributed by atoms with Crippen molar-refractivity contribution in [3.63, 3.8) is 0 Å². The first kappa shape index (κ1) is 9.55. The Bertz CT molecular complexity index is 218. The van der Waals surface area contributed by atoms with E-state index in [-0.39, 0.29) is 6.54 Å². The van der Waals surface area contributed by atoms with Crippen LogP contribution in [0, 0.1) is 10.1 Å². The summed E-state index contributed by atoms with van der Waals surface area (Å²) < 4.78 is 0. The molecule has 0 N–H and O–H groups in total. The second-order valence-corrected chi connectivity index (χ2v) is 2.05. The van der Waals surface area contributed by atoms with E-state index < -0.39 is 4.92 Å². The van der Waals surface area contributed by atoms with Crippen molar-refractivity contribution < 1.29 is 4.92 Å². The van der Waals surface area contributed by atoms with Crippen LogP contribution in [0.4, 0.5) is 0 Å². The van der Waals surface area contributed by atoms with Gasteiger partial charge in [-0.3, -0.25) is 15.1 Å². The van der Waals surface area contributed by atoms with Crippen molar-refractivity contribution in [2.45, 2.75) is 6.92 Å². The number of aliphatic imine (C=N–C) groups is 1. The van der Waals surface area contributed by atoms with Crippen LogP contribution in [-0.4, -0.2) is 17.7 Å². The summed E-state index contributed by atoms with van der Waals surface area (Å²) in [6, 6.07) is 0. The van der Waals surface area contributed by atoms with Gasteiger partial charge in [0.2, 0.25) is 6.54 Å². The monoisotopic (exact) mass is 154 g/mol. The van der Waals surface area contributed by atoms with Crippen LogP contribution in [0.1, 0.15) is 6.92 Å². The van der Waals surface area contributed by atoms with Gasteiger partial charge in [0.05, 0.1) is 11.9 Å². The lowest BCUT2D eigenvalue weighted by Crippen LogP contribution is -2.01. The molecular weight excluding hydrogens is 144 g/mol. The molecule has 60 valence electrons. The van der Waals surface area contributed by atoms with Gasteiger partial charge in [-0.2, -0.15) is 0 Å². The van der Waals surface area contributed by atoms with E-state index in [1.54, 1.807) is 6.92 Å². The van der Waals surface area contributed by atoms with Crippen molar-refractivity contribution in [1.82, 2.24) is 0 Å². The Balaban J connectivity index is 3.84. The molecule has 0 aromatic rings. The Morgan fingerprint density at radius 2 is 2.27 bits per heavy atom. The Morgan fingerprint density at radius 1 is 1.73 bits per heavy atom. The maximum absolute atomic E-state index is 9.81. The zero-order chi connectivity index (χ0) is 8.85. The largest absolute Gasteiger partial charge is 0.264 e. The van der Waals surface area contributed by atoms with Crippen LogP contribution in [0.15, 0.2) is 29.4 Å². The molecule has 0 fully saturated rings. The third kappa shape index (κ3) is 5.02. The first-order chi connectivity index (χ1) is 5.04. The fraction of sp³-hybridized carbons (Fsp3) is 0.286. The van der Waals surface area contributed by atoms with Crippen LogP contribution >= 0.6 is 0 Å². The molecule has 0 aromatic carbocycles. The van der Waals surface area contributed by atoms with Gasteiger partial charge in [0, 0.05) is 4.92 Å². The van der Waals surface area contributed by atoms with Crippen LogP contribution in [0.5, 0.6) is 0 Å². The summed E-state index contributed by atoms with van der Waals surface area (Å²) in [4.78, 5) is 13.1. The molecular formula is C7H10N2O2. The second kappa shape index (κ2) is 4.38. The maximum atomic E-state index is 9.81. The van der Waals surface area contributed by atoms with Crippen molar-refractivity contribution in [1.29, 1.82) is 0 Å². The number of hydrogen-bond donors (Lipinski definition) is 0. The van der Waals surface area contributed by atoms with Crippen LogP contribution in [0.2, 0.25) is 0 Å². The van der Waals surface area contributed by atoms with Gasteiger partial charge in [0.1, 0.15) is 0 Å². The third-order valence-electron chi connectivity index (χ3n) is 0.970. The fourth-order valence-corrected chi connectivity index (χ4v) is 0.328. The predicted molar refractivity (Wildman–Crippen MR) is 44.3 cm³/mol. The Morgan fingerprint density at radius 3 is 2.64 bits per heavy atom. The van der Waals surface area contributed by atoms with E-state index in [1.165, 1.54) is 6.21 Å². The van der Waals surface area contributed by atoms with E-state index >= 15 is 0 Å². The lowest BCUT2D eigenvalue weighted by molar-refractivity contribution is -0.462. The van der Waals surface area contributed by atoms with E-state index in [0.717, 1.165) is 0 Å². The molecule has 0 saturated carbocycles. The minimum absolute atomic E-state index is 0.272. The molecule has 0 atom stereocenters. The highest BCUT2D eigenvalue weighted by molar-refractivity contribution is 5.60. The topological polar surface area (TPSA) is 55.5 Å². The number of hydrogen-bond acceptors (Lipinski definition) is 3. The molecule has 0 amide bonds. The molecule has 4 heteroatoms. The third-order valence-corrected chi connectivity index (χ3v) is 0.970. The Kier molecular flexibility index (Phi) is 3.80. The summed E-state index contributed by atoms with van der Waals surface area (Å²) in [5, 5.41) is 9.81. The van der Waals surface area contributed by atoms with Gasteiger partial charge in [0.15, 0.2) is 0 Å². The summed E-state index contributed by atoms with van der Waals surface area (Å²) in [6.07, 6.45) is 1.21. The zero-order valence-corrected chi connectivity index (χ0v) is 6.41. The molecule has 0 saturated heterocycles. The fourth-order valence-electron chi connectivity index (χ4n) is 0.328. The molecule has 0 radical (unpaired) electrons. The summed E-state index contributed by atoms with van der Waals surface area (Å²) in [7, 11) is 0. The van der Waals surface area contributed by atoms with Crippen molar-refractivity contribution in [2.24, 2.45) is 4.99 Å². The van der Waals surface area contributed by atoms with Crippen LogP contribution in [-0.2, 0) is 0 Å². The molecule has 0 heterocycles. The highest BCUT2D eigenvalue weighted by atomic mass is 16.6. The van der Waals surface area contributed by atoms with E-state index in [1.807, 2.05) is 0 Å². The number of nitrogens with zero attached hydrogens (tertiary/aromatic N) is 2. The van der Waals surface area contributed by atoms with E-state index in [2.05, 4.69) is 18.2 Å². The highest BCUT2D eigenvalue weighted by Gasteiger charge is 1.91. The molecule has 0 aliphatic heterocycles. The summed E-state index contributed by atoms with van der Waals surface area (Å²) in [6.45, 7) is 8.57. The lowest BCUT2D eigenvalue weighted by atomic mass is 10.3. The average Bonchev–Trinajstić information content (AvgIpc) is 1.86. The lowest BCUT2D eigenvalue weighted by Gasteiger charge is -1.93. The smallest absolute Gasteiger partial charge is 0.238 e. The minimum Gasteiger partial charge on any atom is -0.264 e. The second-order valence-electron chi connectivity index (χ2n) is 2.05. The molecule has 0 aromatic heterocycles. The van der Waals surface area contributed by atoms with Crippen LogP contribution in [0.3, 0.4) is 0 Å². The van der Waals surface area contributed by atoms with Crippen molar-refractivity contribution in [3.8, 4) is 0 Å². The van der Waals surface area contributed by atoms with Gasteiger partial charge in [-0.15, -0.1) is 0 Å². The maximum Gasteiger partial charge on any atom is 0.238 e.